The average Bonchev–Trinajstić information content (AvgIpc) is 2.43. The van der Waals surface area contributed by atoms with Crippen molar-refractivity contribution >= 4 is 11.9 Å². The third-order valence-electron chi connectivity index (χ3n) is 2.12. The van der Waals surface area contributed by atoms with E-state index in [9.17, 15) is 0 Å². The largest absolute Gasteiger partial charge is 0.463 e. The highest BCUT2D eigenvalue weighted by Gasteiger charge is 2.05. The molecule has 0 radical (unpaired) electrons. The fourth-order valence-electron chi connectivity index (χ4n) is 1.31. The van der Waals surface area contributed by atoms with Gasteiger partial charge in [0.15, 0.2) is 0 Å². The fourth-order valence-corrected chi connectivity index (χ4v) is 1.31. The van der Waals surface area contributed by atoms with Gasteiger partial charge >= 0.3 is 6.01 Å². The fraction of sp³-hybridized carbons (Fsp3) is 0.364. The lowest BCUT2D eigenvalue weighted by Crippen LogP contribution is -2.10. The highest BCUT2D eigenvalue weighted by atomic mass is 16.5. The molecule has 0 bridgehead atoms. The van der Waals surface area contributed by atoms with Crippen LogP contribution in [0.3, 0.4) is 0 Å². The number of anilines is 2. The maximum absolute atomic E-state index is 5.59. The van der Waals surface area contributed by atoms with E-state index in [1.807, 2.05) is 19.1 Å². The monoisotopic (exact) mass is 261 g/mol. The van der Waals surface area contributed by atoms with Gasteiger partial charge in [-0.3, -0.25) is 0 Å². The van der Waals surface area contributed by atoms with E-state index >= 15 is 0 Å². The smallest absolute Gasteiger partial charge is 0.323 e. The van der Waals surface area contributed by atoms with E-state index in [0.717, 1.165) is 12.1 Å². The van der Waals surface area contributed by atoms with Gasteiger partial charge in [0.1, 0.15) is 0 Å². The number of nitrogens with two attached hydrogens (primary N) is 1. The van der Waals surface area contributed by atoms with E-state index in [4.69, 9.17) is 10.5 Å². The molecule has 0 aliphatic rings. The number of nitrogens with zero attached hydrogens (tertiary/aromatic N) is 5. The Balaban J connectivity index is 2.01. The molecule has 2 aromatic rings. The SMILES string of the molecule is CCCOc1nc(N)nc(NCc2cccnn2)n1. The molecule has 19 heavy (non-hydrogen) atoms. The van der Waals surface area contributed by atoms with Crippen LogP contribution in [0.25, 0.3) is 0 Å². The molecule has 100 valence electrons. The first-order valence-corrected chi connectivity index (χ1v) is 5.92. The number of aromatic nitrogens is 5. The minimum atomic E-state index is 0.114. The van der Waals surface area contributed by atoms with Gasteiger partial charge in [-0.15, -0.1) is 0 Å². The predicted molar refractivity (Wildman–Crippen MR) is 69.4 cm³/mol. The minimum Gasteiger partial charge on any atom is -0.463 e. The second kappa shape index (κ2) is 6.43. The van der Waals surface area contributed by atoms with Crippen LogP contribution in [0.1, 0.15) is 19.0 Å². The van der Waals surface area contributed by atoms with E-state index in [-0.39, 0.29) is 12.0 Å². The van der Waals surface area contributed by atoms with E-state index < -0.39 is 0 Å². The molecule has 2 aromatic heterocycles. The molecule has 3 N–H and O–H groups in total. The van der Waals surface area contributed by atoms with Crippen LogP contribution in [0.2, 0.25) is 0 Å². The van der Waals surface area contributed by atoms with Gasteiger partial charge in [0, 0.05) is 6.20 Å². The van der Waals surface area contributed by atoms with E-state index in [1.54, 1.807) is 6.20 Å². The van der Waals surface area contributed by atoms with Gasteiger partial charge in [-0.05, 0) is 18.6 Å². The standard InChI is InChI=1S/C11H15N7O/c1-2-6-19-11-16-9(12)15-10(17-11)13-7-8-4-3-5-14-18-8/h3-5H,2,6-7H2,1H3,(H3,12,13,15,16,17). The van der Waals surface area contributed by atoms with Crippen LogP contribution in [0.15, 0.2) is 18.3 Å². The molecule has 0 aliphatic carbocycles. The van der Waals surface area contributed by atoms with Crippen molar-refractivity contribution in [3.8, 4) is 6.01 Å². The summed E-state index contributed by atoms with van der Waals surface area (Å²) in [7, 11) is 0. The normalized spacial score (nSPS) is 10.2. The quantitative estimate of drug-likeness (QED) is 0.779. The van der Waals surface area contributed by atoms with Crippen molar-refractivity contribution in [2.45, 2.75) is 19.9 Å². The molecule has 0 aliphatic heterocycles. The minimum absolute atomic E-state index is 0.114. The van der Waals surface area contributed by atoms with E-state index in [1.165, 1.54) is 0 Å². The molecule has 0 unspecified atom stereocenters. The first-order valence-electron chi connectivity index (χ1n) is 5.92. The van der Waals surface area contributed by atoms with Gasteiger partial charge in [-0.1, -0.05) is 6.92 Å². The predicted octanol–water partition coefficient (Wildman–Crippen LogP) is 0.645. The first kappa shape index (κ1) is 12.9. The third-order valence-corrected chi connectivity index (χ3v) is 2.12. The summed E-state index contributed by atoms with van der Waals surface area (Å²) in [6, 6.07) is 3.87. The summed E-state index contributed by atoms with van der Waals surface area (Å²) in [4.78, 5) is 12.0. The van der Waals surface area contributed by atoms with Crippen LogP contribution in [0.4, 0.5) is 11.9 Å². The van der Waals surface area contributed by atoms with Crippen molar-refractivity contribution in [2.75, 3.05) is 17.7 Å². The second-order valence-electron chi connectivity index (χ2n) is 3.72. The van der Waals surface area contributed by atoms with Gasteiger partial charge in [0.05, 0.1) is 18.8 Å². The summed E-state index contributed by atoms with van der Waals surface area (Å²) in [5, 5.41) is 10.7. The Bertz CT molecular complexity index is 520. The topological polar surface area (TPSA) is 112 Å². The third kappa shape index (κ3) is 4.02. The van der Waals surface area contributed by atoms with Crippen molar-refractivity contribution in [3.05, 3.63) is 24.0 Å². The zero-order chi connectivity index (χ0) is 13.5. The maximum Gasteiger partial charge on any atom is 0.323 e. The van der Waals surface area contributed by atoms with Crippen LogP contribution in [-0.2, 0) is 6.54 Å². The number of nitrogen functional groups attached to an aromatic ring is 1. The van der Waals surface area contributed by atoms with Crippen LogP contribution in [-0.4, -0.2) is 31.8 Å². The van der Waals surface area contributed by atoms with E-state index in [0.29, 0.717) is 19.1 Å². The van der Waals surface area contributed by atoms with Gasteiger partial charge < -0.3 is 15.8 Å². The average molecular weight is 261 g/mol. The molecule has 0 atom stereocenters. The summed E-state index contributed by atoms with van der Waals surface area (Å²) in [5.41, 5.74) is 6.37. The van der Waals surface area contributed by atoms with Crippen molar-refractivity contribution in [2.24, 2.45) is 0 Å². The molecule has 2 heterocycles. The van der Waals surface area contributed by atoms with Gasteiger partial charge in [0.25, 0.3) is 0 Å². The summed E-state index contributed by atoms with van der Waals surface area (Å²) in [5.74, 6) is 0.465. The summed E-state index contributed by atoms with van der Waals surface area (Å²) in [6.45, 7) is 2.98. The Hall–Kier alpha value is -2.51. The molecule has 0 fully saturated rings. The van der Waals surface area contributed by atoms with Crippen LogP contribution in [0.5, 0.6) is 6.01 Å². The summed E-state index contributed by atoms with van der Waals surface area (Å²) in [6.07, 6.45) is 2.48. The molecule has 0 aromatic carbocycles. The molecule has 0 amide bonds. The van der Waals surface area contributed by atoms with Crippen LogP contribution in [0, 0.1) is 0 Å². The number of hydrogen-bond donors (Lipinski definition) is 2. The number of ether oxygens (including phenoxy) is 1. The number of rotatable bonds is 6. The Morgan fingerprint density at radius 2 is 2.21 bits per heavy atom. The summed E-state index contributed by atoms with van der Waals surface area (Å²) < 4.78 is 5.32. The van der Waals surface area contributed by atoms with Crippen molar-refractivity contribution in [1.82, 2.24) is 25.1 Å². The molecule has 0 saturated carbocycles. The Kier molecular flexibility index (Phi) is 4.38. The maximum atomic E-state index is 5.59. The number of hydrogen-bond acceptors (Lipinski definition) is 8. The molecular weight excluding hydrogens is 246 g/mol. The van der Waals surface area contributed by atoms with Crippen molar-refractivity contribution in [3.63, 3.8) is 0 Å². The zero-order valence-electron chi connectivity index (χ0n) is 10.6. The highest BCUT2D eigenvalue weighted by Crippen LogP contribution is 2.09. The molecule has 0 spiro atoms. The van der Waals surface area contributed by atoms with Crippen LogP contribution < -0.4 is 15.8 Å². The van der Waals surface area contributed by atoms with E-state index in [2.05, 4.69) is 30.5 Å². The highest BCUT2D eigenvalue weighted by molar-refractivity contribution is 5.32. The molecule has 2 rings (SSSR count). The lowest BCUT2D eigenvalue weighted by molar-refractivity contribution is 0.292. The van der Waals surface area contributed by atoms with Crippen molar-refractivity contribution in [1.29, 1.82) is 0 Å². The molecule has 8 nitrogen and oxygen atoms in total. The van der Waals surface area contributed by atoms with Gasteiger partial charge in [-0.2, -0.15) is 25.1 Å². The zero-order valence-corrected chi connectivity index (χ0v) is 10.6. The first-order chi connectivity index (χ1) is 9.28. The number of nitrogens with one attached hydrogen (secondary N) is 1. The van der Waals surface area contributed by atoms with Crippen LogP contribution >= 0.6 is 0 Å². The Morgan fingerprint density at radius 3 is 2.95 bits per heavy atom. The molecular formula is C11H15N7O. The lowest BCUT2D eigenvalue weighted by atomic mass is 10.4. The Labute approximate surface area is 110 Å². The van der Waals surface area contributed by atoms with Gasteiger partial charge in [0.2, 0.25) is 11.9 Å². The lowest BCUT2D eigenvalue weighted by Gasteiger charge is -2.07. The molecule has 0 saturated heterocycles. The Morgan fingerprint density at radius 1 is 1.32 bits per heavy atom. The molecule has 8 heteroatoms. The summed E-state index contributed by atoms with van der Waals surface area (Å²) >= 11 is 0. The van der Waals surface area contributed by atoms with Crippen molar-refractivity contribution < 1.29 is 4.74 Å². The van der Waals surface area contributed by atoms with Gasteiger partial charge in [-0.25, -0.2) is 0 Å². The second-order valence-corrected chi connectivity index (χ2v) is 3.72.